The molecular weight excluding hydrogens is 352 g/mol. The average molecular weight is 395 g/mol. The maximum absolute atomic E-state index is 11.5. The number of hydrogen-bond donors (Lipinski definition) is 4. The van der Waals surface area contributed by atoms with Crippen molar-refractivity contribution in [3.63, 3.8) is 0 Å². The van der Waals surface area contributed by atoms with E-state index in [1.807, 2.05) is 0 Å². The Labute approximate surface area is 170 Å². The minimum absolute atomic E-state index is 0.117. The zero-order valence-electron chi connectivity index (χ0n) is 18.1. The lowest BCUT2D eigenvalue weighted by Gasteiger charge is -2.63. The van der Waals surface area contributed by atoms with Crippen molar-refractivity contribution < 1.29 is 20.4 Å². The van der Waals surface area contributed by atoms with Gasteiger partial charge in [0.1, 0.15) is 0 Å². The number of aliphatic hydroxyl groups is 4. The van der Waals surface area contributed by atoms with Gasteiger partial charge in [-0.05, 0) is 104 Å². The van der Waals surface area contributed by atoms with Crippen LogP contribution in [0.15, 0.2) is 0 Å². The van der Waals surface area contributed by atoms with Gasteiger partial charge in [-0.2, -0.15) is 0 Å². The lowest BCUT2D eigenvalue weighted by Crippen LogP contribution is -2.62. The predicted octanol–water partition coefficient (Wildman–Crippen LogP) is 3.36. The summed E-state index contributed by atoms with van der Waals surface area (Å²) in [6, 6.07) is 0. The van der Waals surface area contributed by atoms with Crippen molar-refractivity contribution in [2.45, 2.75) is 96.9 Å². The van der Waals surface area contributed by atoms with Crippen molar-refractivity contribution in [1.82, 2.24) is 0 Å². The van der Waals surface area contributed by atoms with E-state index in [1.54, 1.807) is 0 Å². The highest BCUT2D eigenvalue weighted by Crippen LogP contribution is 2.68. The number of fused-ring (bicyclic) bond motifs is 5. The second-order valence-electron chi connectivity index (χ2n) is 11.4. The molecule has 4 saturated carbocycles. The predicted molar refractivity (Wildman–Crippen MR) is 109 cm³/mol. The fourth-order valence-corrected chi connectivity index (χ4v) is 8.75. The molecule has 4 heteroatoms. The van der Waals surface area contributed by atoms with Gasteiger partial charge in [-0.15, -0.1) is 0 Å². The Morgan fingerprint density at radius 2 is 1.71 bits per heavy atom. The summed E-state index contributed by atoms with van der Waals surface area (Å²) in [5.41, 5.74) is 0.0282. The summed E-state index contributed by atoms with van der Waals surface area (Å²) < 4.78 is 0. The Hall–Kier alpha value is -0.160. The standard InChI is InChI=1S/C24H42O4/c1-14(5-4-10-25)17-6-7-18-22-19(13-21(28)24(17,18)3)23(2)9-8-16(26)11-15(23)12-20(22)27/h14-22,25-28H,4-13H2,1-3H3/t14-,15?,16-,17-,18+,19+,20-,21+,22+,23+,24-/m1/s1. The Morgan fingerprint density at radius 1 is 0.964 bits per heavy atom. The molecular formula is C24H42O4. The molecule has 4 fully saturated rings. The van der Waals surface area contributed by atoms with Crippen LogP contribution in [0.4, 0.5) is 0 Å². The van der Waals surface area contributed by atoms with E-state index in [9.17, 15) is 20.4 Å². The van der Waals surface area contributed by atoms with Crippen LogP contribution in [-0.4, -0.2) is 45.3 Å². The highest BCUT2D eigenvalue weighted by Gasteiger charge is 2.65. The summed E-state index contributed by atoms with van der Waals surface area (Å²) in [5.74, 6) is 2.41. The van der Waals surface area contributed by atoms with E-state index >= 15 is 0 Å². The maximum atomic E-state index is 11.5. The van der Waals surface area contributed by atoms with Crippen LogP contribution in [0, 0.1) is 46.3 Å². The van der Waals surface area contributed by atoms with Gasteiger partial charge in [0.05, 0.1) is 18.3 Å². The molecule has 0 amide bonds. The largest absolute Gasteiger partial charge is 0.396 e. The topological polar surface area (TPSA) is 80.9 Å². The van der Waals surface area contributed by atoms with Crippen molar-refractivity contribution in [2.75, 3.05) is 6.61 Å². The zero-order valence-corrected chi connectivity index (χ0v) is 18.1. The fraction of sp³-hybridized carbons (Fsp3) is 1.00. The molecule has 11 atom stereocenters. The van der Waals surface area contributed by atoms with Crippen molar-refractivity contribution in [3.8, 4) is 0 Å². The quantitative estimate of drug-likeness (QED) is 0.589. The Morgan fingerprint density at radius 3 is 2.43 bits per heavy atom. The molecule has 162 valence electrons. The van der Waals surface area contributed by atoms with Crippen molar-refractivity contribution in [2.24, 2.45) is 46.3 Å². The monoisotopic (exact) mass is 394 g/mol. The van der Waals surface area contributed by atoms with E-state index < -0.39 is 0 Å². The highest BCUT2D eigenvalue weighted by molar-refractivity contribution is 5.14. The summed E-state index contributed by atoms with van der Waals surface area (Å²) in [7, 11) is 0. The molecule has 0 aromatic rings. The summed E-state index contributed by atoms with van der Waals surface area (Å²) in [6.45, 7) is 7.23. The van der Waals surface area contributed by atoms with E-state index in [0.717, 1.165) is 57.8 Å². The van der Waals surface area contributed by atoms with Gasteiger partial charge < -0.3 is 20.4 Å². The molecule has 4 aliphatic rings. The van der Waals surface area contributed by atoms with E-state index in [-0.39, 0.29) is 35.7 Å². The summed E-state index contributed by atoms with van der Waals surface area (Å²) in [5, 5.41) is 42.2. The molecule has 1 unspecified atom stereocenters. The number of hydrogen-bond acceptors (Lipinski definition) is 4. The van der Waals surface area contributed by atoms with E-state index in [1.165, 1.54) is 0 Å². The summed E-state index contributed by atoms with van der Waals surface area (Å²) in [4.78, 5) is 0. The molecule has 0 aromatic heterocycles. The molecule has 0 aromatic carbocycles. The molecule has 0 saturated heterocycles. The van der Waals surface area contributed by atoms with Crippen LogP contribution in [0.1, 0.15) is 78.6 Å². The molecule has 0 radical (unpaired) electrons. The molecule has 0 spiro atoms. The highest BCUT2D eigenvalue weighted by atomic mass is 16.3. The molecule has 0 heterocycles. The number of aliphatic hydroxyl groups excluding tert-OH is 4. The van der Waals surface area contributed by atoms with Crippen LogP contribution in [-0.2, 0) is 0 Å². The third kappa shape index (κ3) is 3.01. The third-order valence-corrected chi connectivity index (χ3v) is 10.3. The van der Waals surface area contributed by atoms with Gasteiger partial charge in [-0.1, -0.05) is 20.8 Å². The van der Waals surface area contributed by atoms with Crippen molar-refractivity contribution in [3.05, 3.63) is 0 Å². The van der Waals surface area contributed by atoms with Crippen molar-refractivity contribution in [1.29, 1.82) is 0 Å². The SMILES string of the molecule is C[C@H](CCCO)[C@H]1CC[C@H]2[C@@H]3[C@H](O)CC4C[C@H](O)CC[C@]4(C)[C@H]3C[C@H](O)[C@]12C. The van der Waals surface area contributed by atoms with E-state index in [2.05, 4.69) is 20.8 Å². The van der Waals surface area contributed by atoms with Crippen LogP contribution >= 0.6 is 0 Å². The molecule has 4 rings (SSSR count). The third-order valence-electron chi connectivity index (χ3n) is 10.3. The van der Waals surface area contributed by atoms with Crippen LogP contribution in [0.25, 0.3) is 0 Å². The lowest BCUT2D eigenvalue weighted by molar-refractivity contribution is -0.207. The summed E-state index contributed by atoms with van der Waals surface area (Å²) in [6.07, 6.45) is 7.62. The summed E-state index contributed by atoms with van der Waals surface area (Å²) >= 11 is 0. The van der Waals surface area contributed by atoms with Crippen LogP contribution in [0.3, 0.4) is 0 Å². The van der Waals surface area contributed by atoms with Crippen molar-refractivity contribution >= 4 is 0 Å². The second kappa shape index (κ2) is 7.51. The van der Waals surface area contributed by atoms with Gasteiger partial charge in [0, 0.05) is 6.61 Å². The fourth-order valence-electron chi connectivity index (χ4n) is 8.75. The molecule has 0 bridgehead atoms. The lowest BCUT2D eigenvalue weighted by atomic mass is 9.43. The minimum Gasteiger partial charge on any atom is -0.396 e. The first kappa shape index (κ1) is 21.1. The van der Waals surface area contributed by atoms with Crippen LogP contribution in [0.2, 0.25) is 0 Å². The Bertz CT molecular complexity index is 567. The Balaban J connectivity index is 1.62. The molecule has 28 heavy (non-hydrogen) atoms. The van der Waals surface area contributed by atoms with Gasteiger partial charge in [-0.25, -0.2) is 0 Å². The van der Waals surface area contributed by atoms with Gasteiger partial charge in [0.15, 0.2) is 0 Å². The zero-order chi connectivity index (χ0) is 20.3. The van der Waals surface area contributed by atoms with Gasteiger partial charge >= 0.3 is 0 Å². The van der Waals surface area contributed by atoms with Crippen LogP contribution in [0.5, 0.6) is 0 Å². The maximum Gasteiger partial charge on any atom is 0.0602 e. The normalized spacial score (nSPS) is 54.5. The first-order valence-electron chi connectivity index (χ1n) is 11.9. The second-order valence-corrected chi connectivity index (χ2v) is 11.4. The van der Waals surface area contributed by atoms with E-state index in [0.29, 0.717) is 35.5 Å². The smallest absolute Gasteiger partial charge is 0.0602 e. The van der Waals surface area contributed by atoms with Gasteiger partial charge in [0.2, 0.25) is 0 Å². The van der Waals surface area contributed by atoms with Gasteiger partial charge in [0.25, 0.3) is 0 Å². The molecule has 0 aliphatic heterocycles. The van der Waals surface area contributed by atoms with E-state index in [4.69, 9.17) is 0 Å². The number of rotatable bonds is 4. The van der Waals surface area contributed by atoms with Gasteiger partial charge in [-0.3, -0.25) is 0 Å². The Kier molecular flexibility index (Phi) is 5.66. The van der Waals surface area contributed by atoms with Crippen LogP contribution < -0.4 is 0 Å². The molecule has 4 N–H and O–H groups in total. The first-order chi connectivity index (χ1) is 13.2. The average Bonchev–Trinajstić information content (AvgIpc) is 3.01. The molecule has 4 nitrogen and oxygen atoms in total. The molecule has 4 aliphatic carbocycles. The minimum atomic E-state index is -0.308. The first-order valence-corrected chi connectivity index (χ1v) is 11.9.